The number of esters is 1. The average Bonchev–Trinajstić information content (AvgIpc) is 2.04. The first-order valence-electron chi connectivity index (χ1n) is 3.45. The molecule has 0 atom stereocenters. The molecule has 0 aliphatic heterocycles. The number of rotatable bonds is 3. The molecule has 0 N–H and O–H groups in total. The van der Waals surface area contributed by atoms with Gasteiger partial charge >= 0.3 is 5.97 Å². The number of Topliss-reactive ketones (excluding diaryl/α,β-unsaturated/α-hetero) is 1. The summed E-state index contributed by atoms with van der Waals surface area (Å²) in [5.41, 5.74) is -1.10. The van der Waals surface area contributed by atoms with E-state index < -0.39 is 17.2 Å². The summed E-state index contributed by atoms with van der Waals surface area (Å²) in [6.45, 7) is 2.94. The molecule has 0 aromatic rings. The van der Waals surface area contributed by atoms with Crippen LogP contribution in [0.25, 0.3) is 0 Å². The summed E-state index contributed by atoms with van der Waals surface area (Å²) in [7, 11) is 1.20. The van der Waals surface area contributed by atoms with Crippen LogP contribution in [0.3, 0.4) is 0 Å². The van der Waals surface area contributed by atoms with Crippen molar-refractivity contribution in [3.8, 4) is 6.07 Å². The molecule has 0 heterocycles. The van der Waals surface area contributed by atoms with E-state index in [9.17, 15) is 9.59 Å². The smallest absolute Gasteiger partial charge is 0.313 e. The summed E-state index contributed by atoms with van der Waals surface area (Å²) in [5, 5.41) is 8.53. The highest BCUT2D eigenvalue weighted by molar-refractivity contribution is 5.99. The molecule has 0 aliphatic carbocycles. The second-order valence-electron chi connectivity index (χ2n) is 2.91. The quantitative estimate of drug-likeness (QED) is 0.460. The van der Waals surface area contributed by atoms with Crippen molar-refractivity contribution in [3.05, 3.63) is 0 Å². The maximum atomic E-state index is 11.1. The molecule has 0 bridgehead atoms. The van der Waals surface area contributed by atoms with Gasteiger partial charge in [-0.05, 0) is 13.8 Å². The number of nitrogens with zero attached hydrogens (tertiary/aromatic N) is 1. The molecule has 0 unspecified atom stereocenters. The number of carbonyl (C=O) groups excluding carboxylic acids is 2. The van der Waals surface area contributed by atoms with Crippen molar-refractivity contribution >= 4 is 11.8 Å². The zero-order chi connectivity index (χ0) is 9.78. The van der Waals surface area contributed by atoms with E-state index in [1.807, 2.05) is 6.07 Å². The molecule has 12 heavy (non-hydrogen) atoms. The summed E-state index contributed by atoms with van der Waals surface area (Å²) in [6, 6.07) is 1.81. The molecule has 0 fully saturated rings. The highest BCUT2D eigenvalue weighted by Gasteiger charge is 2.28. The number of hydrogen-bond acceptors (Lipinski definition) is 4. The van der Waals surface area contributed by atoms with Gasteiger partial charge in [-0.1, -0.05) is 0 Å². The second kappa shape index (κ2) is 3.86. The minimum absolute atomic E-state index is 0.336. The molecule has 0 aromatic heterocycles. The molecule has 0 spiro atoms. The Hall–Kier alpha value is -1.37. The lowest BCUT2D eigenvalue weighted by atomic mass is 9.88. The molecule has 66 valence electrons. The van der Waals surface area contributed by atoms with Crippen molar-refractivity contribution in [1.29, 1.82) is 5.26 Å². The van der Waals surface area contributed by atoms with E-state index in [0.717, 1.165) is 0 Å². The van der Waals surface area contributed by atoms with Crippen LogP contribution in [0.15, 0.2) is 0 Å². The highest BCUT2D eigenvalue weighted by atomic mass is 16.5. The standard InChI is InChI=1S/C8H11NO3/c1-8(2,5-9)6(10)4-7(11)12-3/h4H2,1-3H3. The molecule has 0 amide bonds. The zero-order valence-corrected chi connectivity index (χ0v) is 7.38. The van der Waals surface area contributed by atoms with Crippen LogP contribution in [0.5, 0.6) is 0 Å². The number of ether oxygens (including phenoxy) is 1. The minimum Gasteiger partial charge on any atom is -0.469 e. The first kappa shape index (κ1) is 10.6. The zero-order valence-electron chi connectivity index (χ0n) is 7.38. The van der Waals surface area contributed by atoms with Gasteiger partial charge in [0, 0.05) is 0 Å². The Kier molecular flexibility index (Phi) is 3.42. The van der Waals surface area contributed by atoms with Crippen LogP contribution < -0.4 is 0 Å². The summed E-state index contributed by atoms with van der Waals surface area (Å²) in [6.07, 6.45) is -0.336. The SMILES string of the molecule is COC(=O)CC(=O)C(C)(C)C#N. The lowest BCUT2D eigenvalue weighted by Crippen LogP contribution is -2.25. The molecule has 0 rings (SSSR count). The summed E-state index contributed by atoms with van der Waals surface area (Å²) in [5.74, 6) is -1.03. The van der Waals surface area contributed by atoms with E-state index in [1.165, 1.54) is 21.0 Å². The Morgan fingerprint density at radius 3 is 2.33 bits per heavy atom. The van der Waals surface area contributed by atoms with Crippen molar-refractivity contribution in [3.63, 3.8) is 0 Å². The van der Waals surface area contributed by atoms with Gasteiger partial charge in [-0.25, -0.2) is 0 Å². The molecule has 0 saturated carbocycles. The third kappa shape index (κ3) is 2.70. The number of ketones is 1. The monoisotopic (exact) mass is 169 g/mol. The number of carbonyl (C=O) groups is 2. The predicted molar refractivity (Wildman–Crippen MR) is 41.0 cm³/mol. The summed E-state index contributed by atoms with van der Waals surface area (Å²) >= 11 is 0. The number of methoxy groups -OCH3 is 1. The van der Waals surface area contributed by atoms with Gasteiger partial charge in [0.05, 0.1) is 13.2 Å². The fraction of sp³-hybridized carbons (Fsp3) is 0.625. The Labute approximate surface area is 71.1 Å². The highest BCUT2D eigenvalue weighted by Crippen LogP contribution is 2.16. The van der Waals surface area contributed by atoms with Gasteiger partial charge in [0.2, 0.25) is 0 Å². The maximum absolute atomic E-state index is 11.1. The molecule has 0 aromatic carbocycles. The fourth-order valence-corrected chi connectivity index (χ4v) is 0.487. The van der Waals surface area contributed by atoms with E-state index >= 15 is 0 Å². The Morgan fingerprint density at radius 2 is 2.00 bits per heavy atom. The Bertz CT molecular complexity index is 237. The molecule has 4 nitrogen and oxygen atoms in total. The fourth-order valence-electron chi connectivity index (χ4n) is 0.487. The maximum Gasteiger partial charge on any atom is 0.313 e. The van der Waals surface area contributed by atoms with Gasteiger partial charge < -0.3 is 4.74 Å². The topological polar surface area (TPSA) is 67.2 Å². The van der Waals surface area contributed by atoms with Crippen molar-refractivity contribution in [2.75, 3.05) is 7.11 Å². The van der Waals surface area contributed by atoms with E-state index in [1.54, 1.807) is 0 Å². The normalized spacial score (nSPS) is 10.2. The lowest BCUT2D eigenvalue weighted by molar-refractivity contribution is -0.144. The van der Waals surface area contributed by atoms with E-state index in [0.29, 0.717) is 0 Å². The van der Waals surface area contributed by atoms with E-state index in [4.69, 9.17) is 5.26 Å². The van der Waals surface area contributed by atoms with Crippen LogP contribution in [-0.2, 0) is 14.3 Å². The van der Waals surface area contributed by atoms with Crippen molar-refractivity contribution in [2.45, 2.75) is 20.3 Å². The largest absolute Gasteiger partial charge is 0.469 e. The van der Waals surface area contributed by atoms with Gasteiger partial charge in [0.1, 0.15) is 11.8 Å². The molecular weight excluding hydrogens is 158 g/mol. The van der Waals surface area contributed by atoms with Gasteiger partial charge in [-0.3, -0.25) is 9.59 Å². The van der Waals surface area contributed by atoms with Crippen LogP contribution in [-0.4, -0.2) is 18.9 Å². The third-order valence-corrected chi connectivity index (χ3v) is 1.51. The summed E-state index contributed by atoms with van der Waals surface area (Å²) < 4.78 is 4.29. The van der Waals surface area contributed by atoms with Crippen molar-refractivity contribution in [1.82, 2.24) is 0 Å². The van der Waals surface area contributed by atoms with Gasteiger partial charge in [0.25, 0.3) is 0 Å². The van der Waals surface area contributed by atoms with Crippen LogP contribution in [0.4, 0.5) is 0 Å². The third-order valence-electron chi connectivity index (χ3n) is 1.51. The lowest BCUT2D eigenvalue weighted by Gasteiger charge is -2.11. The van der Waals surface area contributed by atoms with Crippen molar-refractivity contribution < 1.29 is 14.3 Å². The van der Waals surface area contributed by atoms with Crippen LogP contribution >= 0.6 is 0 Å². The predicted octanol–water partition coefficient (Wildman–Crippen LogP) is 0.668. The van der Waals surface area contributed by atoms with E-state index in [-0.39, 0.29) is 6.42 Å². The molecular formula is C8H11NO3. The Balaban J connectivity index is 4.25. The van der Waals surface area contributed by atoms with Crippen molar-refractivity contribution in [2.24, 2.45) is 5.41 Å². The molecule has 4 heteroatoms. The number of nitriles is 1. The van der Waals surface area contributed by atoms with Crippen LogP contribution in [0.1, 0.15) is 20.3 Å². The first-order chi connectivity index (χ1) is 5.44. The first-order valence-corrected chi connectivity index (χ1v) is 3.45. The Morgan fingerprint density at radius 1 is 1.50 bits per heavy atom. The van der Waals surface area contributed by atoms with Gasteiger partial charge in [-0.15, -0.1) is 0 Å². The summed E-state index contributed by atoms with van der Waals surface area (Å²) in [4.78, 5) is 21.8. The van der Waals surface area contributed by atoms with Gasteiger partial charge in [-0.2, -0.15) is 5.26 Å². The van der Waals surface area contributed by atoms with E-state index in [2.05, 4.69) is 4.74 Å². The molecule has 0 radical (unpaired) electrons. The average molecular weight is 169 g/mol. The van der Waals surface area contributed by atoms with Crippen LogP contribution in [0.2, 0.25) is 0 Å². The molecule has 0 saturated heterocycles. The minimum atomic E-state index is -1.10. The molecule has 0 aliphatic rings. The number of hydrogen-bond donors (Lipinski definition) is 0. The van der Waals surface area contributed by atoms with Gasteiger partial charge in [0.15, 0.2) is 5.78 Å². The second-order valence-corrected chi connectivity index (χ2v) is 2.91. The van der Waals surface area contributed by atoms with Crippen LogP contribution in [0, 0.1) is 16.7 Å².